The maximum Gasteiger partial charge on any atom is 0.329 e. The summed E-state index contributed by atoms with van der Waals surface area (Å²) in [7, 11) is 0. The Kier molecular flexibility index (Phi) is 4.52. The molecule has 0 aliphatic carbocycles. The van der Waals surface area contributed by atoms with Crippen molar-refractivity contribution in [2.24, 2.45) is 0 Å². The van der Waals surface area contributed by atoms with Crippen molar-refractivity contribution in [3.05, 3.63) is 0 Å². The first-order valence-electron chi connectivity index (χ1n) is 7.36. The van der Waals surface area contributed by atoms with Crippen LogP contribution in [-0.4, -0.2) is 52.8 Å². The van der Waals surface area contributed by atoms with E-state index in [0.717, 1.165) is 25.7 Å². The van der Waals surface area contributed by atoms with Gasteiger partial charge in [-0.3, -0.25) is 0 Å². The van der Waals surface area contributed by atoms with Crippen LogP contribution in [0.25, 0.3) is 0 Å². The van der Waals surface area contributed by atoms with E-state index in [2.05, 4.69) is 5.32 Å². The van der Waals surface area contributed by atoms with Crippen LogP contribution in [0.1, 0.15) is 46.0 Å². The molecule has 3 unspecified atom stereocenters. The van der Waals surface area contributed by atoms with E-state index >= 15 is 0 Å². The summed E-state index contributed by atoms with van der Waals surface area (Å²) in [4.78, 5) is 25.4. The number of rotatable bonds is 2. The van der Waals surface area contributed by atoms with Gasteiger partial charge in [0.2, 0.25) is 0 Å². The summed E-state index contributed by atoms with van der Waals surface area (Å²) in [6, 6.07) is -0.181. The van der Waals surface area contributed by atoms with Crippen molar-refractivity contribution in [1.29, 1.82) is 0 Å². The Morgan fingerprint density at radius 3 is 2.80 bits per heavy atom. The fourth-order valence-corrected chi connectivity index (χ4v) is 3.05. The van der Waals surface area contributed by atoms with Crippen molar-refractivity contribution in [3.8, 4) is 0 Å². The summed E-state index contributed by atoms with van der Waals surface area (Å²) in [5.74, 6) is -0.923. The van der Waals surface area contributed by atoms with Crippen molar-refractivity contribution >= 4 is 12.0 Å². The fourth-order valence-electron chi connectivity index (χ4n) is 3.05. The van der Waals surface area contributed by atoms with Gasteiger partial charge in [-0.2, -0.15) is 0 Å². The van der Waals surface area contributed by atoms with Crippen LogP contribution in [0.15, 0.2) is 0 Å². The topological polar surface area (TPSA) is 78.9 Å². The predicted molar refractivity (Wildman–Crippen MR) is 73.6 cm³/mol. The van der Waals surface area contributed by atoms with Crippen molar-refractivity contribution < 1.29 is 19.4 Å². The van der Waals surface area contributed by atoms with Gasteiger partial charge in [0.1, 0.15) is 5.54 Å². The quantitative estimate of drug-likeness (QED) is 0.807. The van der Waals surface area contributed by atoms with Gasteiger partial charge in [-0.25, -0.2) is 9.59 Å². The Balaban J connectivity index is 2.01. The summed E-state index contributed by atoms with van der Waals surface area (Å²) in [6.45, 7) is 4.77. The third-order valence-corrected chi connectivity index (χ3v) is 4.41. The van der Waals surface area contributed by atoms with E-state index in [-0.39, 0.29) is 18.2 Å². The number of likely N-dealkylation sites (tertiary alicyclic amines) is 1. The van der Waals surface area contributed by atoms with Crippen LogP contribution in [0.4, 0.5) is 4.79 Å². The number of nitrogens with one attached hydrogen (secondary N) is 1. The number of carboxylic acid groups (broad SMARTS) is 1. The number of piperidine rings is 1. The van der Waals surface area contributed by atoms with Gasteiger partial charge in [-0.15, -0.1) is 0 Å². The third kappa shape index (κ3) is 3.06. The zero-order chi connectivity index (χ0) is 14.8. The van der Waals surface area contributed by atoms with Gasteiger partial charge in [-0.05, 0) is 46.0 Å². The number of carbonyl (C=O) groups excluding carboxylic acids is 1. The summed E-state index contributed by atoms with van der Waals surface area (Å²) in [5.41, 5.74) is -1.08. The lowest BCUT2D eigenvalue weighted by molar-refractivity contribution is -0.150. The minimum Gasteiger partial charge on any atom is -0.480 e. The molecule has 0 bridgehead atoms. The minimum atomic E-state index is -1.08. The van der Waals surface area contributed by atoms with E-state index in [9.17, 15) is 14.7 Å². The van der Waals surface area contributed by atoms with Crippen LogP contribution in [0, 0.1) is 0 Å². The zero-order valence-corrected chi connectivity index (χ0v) is 12.2. The monoisotopic (exact) mass is 284 g/mol. The standard InChI is InChI=1S/C14H24N2O4/c1-10-9-11(5-8-20-10)15-13(19)16-7-4-3-6-14(16,2)12(17)18/h10-11H,3-9H2,1-2H3,(H,15,19)(H,17,18). The molecule has 0 aromatic heterocycles. The normalized spacial score (nSPS) is 34.6. The van der Waals surface area contributed by atoms with E-state index in [4.69, 9.17) is 4.74 Å². The fraction of sp³-hybridized carbons (Fsp3) is 0.857. The molecule has 3 atom stereocenters. The molecule has 2 fully saturated rings. The Morgan fingerprint density at radius 1 is 1.40 bits per heavy atom. The smallest absolute Gasteiger partial charge is 0.329 e. The Bertz CT molecular complexity index is 387. The Morgan fingerprint density at radius 2 is 2.15 bits per heavy atom. The van der Waals surface area contributed by atoms with Gasteiger partial charge in [-0.1, -0.05) is 0 Å². The molecule has 2 aliphatic rings. The Hall–Kier alpha value is -1.30. The summed E-state index contributed by atoms with van der Waals surface area (Å²) in [5, 5.41) is 12.4. The van der Waals surface area contributed by atoms with Crippen molar-refractivity contribution in [2.75, 3.05) is 13.2 Å². The summed E-state index contributed by atoms with van der Waals surface area (Å²) < 4.78 is 5.46. The Labute approximate surface area is 119 Å². The number of ether oxygens (including phenoxy) is 1. The van der Waals surface area contributed by atoms with Gasteiger partial charge < -0.3 is 20.1 Å². The van der Waals surface area contributed by atoms with Crippen LogP contribution in [0.3, 0.4) is 0 Å². The van der Waals surface area contributed by atoms with Crippen LogP contribution in [-0.2, 0) is 9.53 Å². The number of aliphatic carboxylic acids is 1. The van der Waals surface area contributed by atoms with Crippen LogP contribution < -0.4 is 5.32 Å². The molecule has 2 aliphatic heterocycles. The van der Waals surface area contributed by atoms with Gasteiger partial charge in [0.25, 0.3) is 0 Å². The molecule has 6 nitrogen and oxygen atoms in total. The van der Waals surface area contributed by atoms with Crippen molar-refractivity contribution in [3.63, 3.8) is 0 Å². The van der Waals surface area contributed by atoms with Crippen LogP contribution in [0.2, 0.25) is 0 Å². The highest BCUT2D eigenvalue weighted by Gasteiger charge is 2.44. The number of hydrogen-bond acceptors (Lipinski definition) is 3. The molecular formula is C14H24N2O4. The minimum absolute atomic E-state index is 0.0752. The van der Waals surface area contributed by atoms with Gasteiger partial charge >= 0.3 is 12.0 Å². The van der Waals surface area contributed by atoms with E-state index < -0.39 is 11.5 Å². The average Bonchev–Trinajstić information content (AvgIpc) is 2.39. The van der Waals surface area contributed by atoms with E-state index in [1.165, 1.54) is 4.90 Å². The lowest BCUT2D eigenvalue weighted by Crippen LogP contribution is -2.61. The molecule has 2 amide bonds. The molecule has 0 radical (unpaired) electrons. The molecular weight excluding hydrogens is 260 g/mol. The molecule has 6 heteroatoms. The molecule has 20 heavy (non-hydrogen) atoms. The maximum atomic E-state index is 12.4. The van der Waals surface area contributed by atoms with Crippen molar-refractivity contribution in [1.82, 2.24) is 10.2 Å². The van der Waals surface area contributed by atoms with Gasteiger partial charge in [0.05, 0.1) is 6.10 Å². The molecule has 114 valence electrons. The maximum absolute atomic E-state index is 12.4. The number of hydrogen-bond donors (Lipinski definition) is 2. The molecule has 0 aromatic carbocycles. The highest BCUT2D eigenvalue weighted by molar-refractivity contribution is 5.86. The number of amides is 2. The zero-order valence-electron chi connectivity index (χ0n) is 12.2. The number of carbonyl (C=O) groups is 2. The second-order valence-electron chi connectivity index (χ2n) is 6.04. The average molecular weight is 284 g/mol. The molecule has 2 heterocycles. The molecule has 2 saturated heterocycles. The third-order valence-electron chi connectivity index (χ3n) is 4.41. The number of urea groups is 1. The predicted octanol–water partition coefficient (Wildman–Crippen LogP) is 1.59. The van der Waals surface area contributed by atoms with E-state index in [0.29, 0.717) is 19.6 Å². The van der Waals surface area contributed by atoms with Gasteiger partial charge in [0.15, 0.2) is 0 Å². The van der Waals surface area contributed by atoms with Gasteiger partial charge in [0, 0.05) is 19.2 Å². The summed E-state index contributed by atoms with van der Waals surface area (Å²) in [6.07, 6.45) is 3.93. The lowest BCUT2D eigenvalue weighted by atomic mass is 9.89. The largest absolute Gasteiger partial charge is 0.480 e. The SMILES string of the molecule is CC1CC(NC(=O)N2CCCCC2(C)C(=O)O)CCO1. The highest BCUT2D eigenvalue weighted by Crippen LogP contribution is 2.28. The first-order valence-corrected chi connectivity index (χ1v) is 7.36. The summed E-state index contributed by atoms with van der Waals surface area (Å²) >= 11 is 0. The second-order valence-corrected chi connectivity index (χ2v) is 6.04. The first-order chi connectivity index (χ1) is 9.43. The lowest BCUT2D eigenvalue weighted by Gasteiger charge is -2.42. The number of carboxylic acids is 1. The second kappa shape index (κ2) is 5.99. The highest BCUT2D eigenvalue weighted by atomic mass is 16.5. The van der Waals surface area contributed by atoms with Crippen molar-refractivity contribution in [2.45, 2.75) is 63.6 Å². The molecule has 2 rings (SSSR count). The molecule has 0 aromatic rings. The van der Waals surface area contributed by atoms with E-state index in [1.54, 1.807) is 6.92 Å². The number of nitrogens with zero attached hydrogens (tertiary/aromatic N) is 1. The first kappa shape index (κ1) is 15.1. The van der Waals surface area contributed by atoms with Crippen LogP contribution >= 0.6 is 0 Å². The van der Waals surface area contributed by atoms with Crippen LogP contribution in [0.5, 0.6) is 0 Å². The molecule has 2 N–H and O–H groups in total. The molecule has 0 saturated carbocycles. The van der Waals surface area contributed by atoms with E-state index in [1.807, 2.05) is 6.92 Å². The molecule has 0 spiro atoms.